The lowest BCUT2D eigenvalue weighted by molar-refractivity contribution is 0.508. The Morgan fingerprint density at radius 1 is 0.868 bits per heavy atom. The van der Waals surface area contributed by atoms with Gasteiger partial charge in [0, 0.05) is 0 Å². The molecule has 0 spiro atoms. The van der Waals surface area contributed by atoms with Crippen LogP contribution >= 0.6 is 0 Å². The summed E-state index contributed by atoms with van der Waals surface area (Å²) < 4.78 is 35.0. The molecule has 0 N–H and O–H groups in total. The Kier molecular flexibility index (Phi) is 6.92. The van der Waals surface area contributed by atoms with E-state index in [0.717, 1.165) is 11.6 Å². The van der Waals surface area contributed by atoms with Gasteiger partial charge in [0.2, 0.25) is 0 Å². The third kappa shape index (κ3) is 4.65. The van der Waals surface area contributed by atoms with Gasteiger partial charge < -0.3 is 4.42 Å². The monoisotopic (exact) mass is 542 g/mol. The molecule has 0 aliphatic carbocycles. The summed E-state index contributed by atoms with van der Waals surface area (Å²) in [4.78, 5) is 5.33. The van der Waals surface area contributed by atoms with Crippen molar-refractivity contribution in [2.75, 3.05) is 6.54 Å². The molecule has 5 rings (SSSR count). The average Bonchev–Trinajstić information content (AvgIpc) is 3.58. The van der Waals surface area contributed by atoms with E-state index in [9.17, 15) is 8.42 Å². The molecule has 1 atom stereocenters. The van der Waals surface area contributed by atoms with Gasteiger partial charge in [-0.15, -0.1) is 0 Å². The maximum absolute atomic E-state index is 13.9. The van der Waals surface area contributed by atoms with Gasteiger partial charge in [0.05, 0.1) is 23.7 Å². The predicted octanol–water partition coefficient (Wildman–Crippen LogP) is 5.47. The number of benzene rings is 3. The van der Waals surface area contributed by atoms with Crippen LogP contribution in [0.3, 0.4) is 0 Å². The second-order valence-electron chi connectivity index (χ2n) is 11.0. The summed E-state index contributed by atoms with van der Waals surface area (Å²) in [5, 5.41) is 2.60. The van der Waals surface area contributed by atoms with Crippen molar-refractivity contribution in [3.8, 4) is 0 Å². The zero-order valence-electron chi connectivity index (χ0n) is 22.3. The van der Waals surface area contributed by atoms with E-state index >= 15 is 0 Å². The molecule has 1 aliphatic heterocycles. The van der Waals surface area contributed by atoms with Gasteiger partial charge in [0.15, 0.2) is 11.6 Å². The standard InChI is InChI=1S/C31H34N2O3SSi/c1-24-17-19-26(20-18-24)37(34,35)33-22-25(32-30(33)29-16-11-21-36-29)23-38(31(2,3)4,27-12-7-5-8-13-27)28-14-9-6-10-15-28/h5-21,25H,22-23H2,1-4H3. The maximum atomic E-state index is 13.9. The van der Waals surface area contributed by atoms with Gasteiger partial charge in [-0.2, -0.15) is 0 Å². The minimum atomic E-state index is -3.83. The highest BCUT2D eigenvalue weighted by atomic mass is 32.2. The molecule has 4 aromatic rings. The van der Waals surface area contributed by atoms with Crippen LogP contribution < -0.4 is 10.4 Å². The SMILES string of the molecule is Cc1ccc(S(=O)(=O)N2CC(C[Si](c3ccccc3)(c3ccccc3)C(C)(C)C)N=C2c2ccco2)cc1. The normalized spacial score (nSPS) is 16.5. The molecule has 2 heterocycles. The van der Waals surface area contributed by atoms with E-state index in [1.165, 1.54) is 14.7 Å². The lowest BCUT2D eigenvalue weighted by Crippen LogP contribution is -2.65. The van der Waals surface area contributed by atoms with Crippen LogP contribution in [0.2, 0.25) is 11.1 Å². The van der Waals surface area contributed by atoms with E-state index in [0.29, 0.717) is 11.6 Å². The second kappa shape index (κ2) is 10.0. The first-order valence-electron chi connectivity index (χ1n) is 12.9. The van der Waals surface area contributed by atoms with Gasteiger partial charge in [-0.05, 0) is 42.3 Å². The van der Waals surface area contributed by atoms with E-state index in [4.69, 9.17) is 9.41 Å². The molecule has 38 heavy (non-hydrogen) atoms. The van der Waals surface area contributed by atoms with Crippen LogP contribution in [0.5, 0.6) is 0 Å². The number of aryl methyl sites for hydroxylation is 1. The van der Waals surface area contributed by atoms with Gasteiger partial charge in [-0.3, -0.25) is 4.99 Å². The zero-order valence-corrected chi connectivity index (χ0v) is 24.2. The Hall–Kier alpha value is -3.42. The average molecular weight is 543 g/mol. The Morgan fingerprint density at radius 3 is 1.95 bits per heavy atom. The Balaban J connectivity index is 1.62. The largest absolute Gasteiger partial charge is 0.461 e. The van der Waals surface area contributed by atoms with Gasteiger partial charge in [-0.25, -0.2) is 12.7 Å². The van der Waals surface area contributed by atoms with Crippen LogP contribution in [0.25, 0.3) is 0 Å². The molecule has 196 valence electrons. The summed E-state index contributed by atoms with van der Waals surface area (Å²) in [6.07, 6.45) is 1.56. The Labute approximate surface area is 226 Å². The van der Waals surface area contributed by atoms with Crippen molar-refractivity contribution in [2.45, 2.75) is 49.7 Å². The molecule has 1 aromatic heterocycles. The lowest BCUT2D eigenvalue weighted by Gasteiger charge is -2.45. The molecular formula is C31H34N2O3SSi. The number of sulfonamides is 1. The van der Waals surface area contributed by atoms with E-state index in [2.05, 4.69) is 81.4 Å². The molecule has 0 radical (unpaired) electrons. The number of aliphatic imine (C=N–C) groups is 1. The van der Waals surface area contributed by atoms with Crippen LogP contribution in [0, 0.1) is 6.92 Å². The smallest absolute Gasteiger partial charge is 0.265 e. The third-order valence-electron chi connectivity index (χ3n) is 7.62. The van der Waals surface area contributed by atoms with Crippen molar-refractivity contribution in [3.63, 3.8) is 0 Å². The van der Waals surface area contributed by atoms with Crippen molar-refractivity contribution < 1.29 is 12.8 Å². The van der Waals surface area contributed by atoms with Gasteiger partial charge in [0.1, 0.15) is 8.07 Å². The molecule has 3 aromatic carbocycles. The highest BCUT2D eigenvalue weighted by Crippen LogP contribution is 2.41. The second-order valence-corrected chi connectivity index (χ2v) is 17.8. The fourth-order valence-corrected chi connectivity index (χ4v) is 12.7. The maximum Gasteiger partial charge on any atom is 0.265 e. The minimum absolute atomic E-state index is 0.0562. The molecule has 1 aliphatic rings. The summed E-state index contributed by atoms with van der Waals surface area (Å²) in [6, 6.07) is 32.5. The highest BCUT2D eigenvalue weighted by molar-refractivity contribution is 7.89. The van der Waals surface area contributed by atoms with E-state index < -0.39 is 18.1 Å². The number of rotatable bonds is 7. The lowest BCUT2D eigenvalue weighted by atomic mass is 10.2. The van der Waals surface area contributed by atoms with Crippen molar-refractivity contribution >= 4 is 34.3 Å². The third-order valence-corrected chi connectivity index (χ3v) is 15.7. The molecule has 0 amide bonds. The molecule has 5 nitrogen and oxygen atoms in total. The van der Waals surface area contributed by atoms with Crippen molar-refractivity contribution in [1.82, 2.24) is 4.31 Å². The Morgan fingerprint density at radius 2 is 1.45 bits per heavy atom. The Bertz CT molecular complexity index is 1470. The zero-order chi connectivity index (χ0) is 27.0. The molecular weight excluding hydrogens is 509 g/mol. The molecule has 0 saturated carbocycles. The predicted molar refractivity (Wildman–Crippen MR) is 157 cm³/mol. The van der Waals surface area contributed by atoms with E-state index in [-0.39, 0.29) is 22.5 Å². The van der Waals surface area contributed by atoms with Crippen LogP contribution in [0.1, 0.15) is 32.1 Å². The van der Waals surface area contributed by atoms with Crippen LogP contribution in [-0.2, 0) is 10.0 Å². The van der Waals surface area contributed by atoms with Crippen molar-refractivity contribution in [3.05, 3.63) is 115 Å². The fraction of sp³-hybridized carbons (Fsp3) is 0.258. The van der Waals surface area contributed by atoms with Crippen molar-refractivity contribution in [1.29, 1.82) is 0 Å². The summed E-state index contributed by atoms with van der Waals surface area (Å²) in [5.74, 6) is 0.837. The molecule has 0 saturated heterocycles. The minimum Gasteiger partial charge on any atom is -0.461 e. The molecule has 0 bridgehead atoms. The van der Waals surface area contributed by atoms with Gasteiger partial charge in [-0.1, -0.05) is 110 Å². The van der Waals surface area contributed by atoms with Crippen LogP contribution in [0.15, 0.2) is 118 Å². The van der Waals surface area contributed by atoms with E-state index in [1.807, 2.05) is 19.1 Å². The van der Waals surface area contributed by atoms with Crippen LogP contribution in [0.4, 0.5) is 0 Å². The van der Waals surface area contributed by atoms with Crippen LogP contribution in [-0.4, -0.2) is 39.2 Å². The molecule has 0 fully saturated rings. The number of hydrogen-bond acceptors (Lipinski definition) is 4. The number of amidine groups is 1. The van der Waals surface area contributed by atoms with Gasteiger partial charge >= 0.3 is 0 Å². The summed E-state index contributed by atoms with van der Waals surface area (Å²) >= 11 is 0. The fourth-order valence-electron chi connectivity index (χ4n) is 5.68. The van der Waals surface area contributed by atoms with E-state index in [1.54, 1.807) is 30.5 Å². The first kappa shape index (κ1) is 26.2. The first-order valence-corrected chi connectivity index (χ1v) is 16.6. The number of furan rings is 1. The highest BCUT2D eigenvalue weighted by Gasteiger charge is 2.50. The number of nitrogens with zero attached hydrogens (tertiary/aromatic N) is 2. The molecule has 7 heteroatoms. The summed E-state index contributed by atoms with van der Waals surface area (Å²) in [7, 11) is -6.29. The summed E-state index contributed by atoms with van der Waals surface area (Å²) in [5.41, 5.74) is 1.01. The number of hydrogen-bond donors (Lipinski definition) is 0. The summed E-state index contributed by atoms with van der Waals surface area (Å²) in [6.45, 7) is 9.16. The topological polar surface area (TPSA) is 62.9 Å². The first-order chi connectivity index (χ1) is 18.1. The van der Waals surface area contributed by atoms with Crippen molar-refractivity contribution in [2.24, 2.45) is 4.99 Å². The molecule has 1 unspecified atom stereocenters. The van der Waals surface area contributed by atoms with Gasteiger partial charge in [0.25, 0.3) is 10.0 Å². The quantitative estimate of drug-likeness (QED) is 0.291.